The van der Waals surface area contributed by atoms with Crippen molar-refractivity contribution in [2.45, 2.75) is 25.3 Å². The number of nitrogens with zero attached hydrogens (tertiary/aromatic N) is 2. The Kier molecular flexibility index (Phi) is 3.25. The number of aryl methyl sites for hydroxylation is 2. The van der Waals surface area contributed by atoms with Crippen molar-refractivity contribution in [3.05, 3.63) is 47.3 Å². The maximum absolute atomic E-state index is 5.82. The zero-order chi connectivity index (χ0) is 13.2. The van der Waals surface area contributed by atoms with E-state index >= 15 is 0 Å². The third kappa shape index (κ3) is 2.63. The monoisotopic (exact) mass is 256 g/mol. The first kappa shape index (κ1) is 12.2. The molecule has 1 atom stereocenters. The van der Waals surface area contributed by atoms with Crippen molar-refractivity contribution in [3.63, 3.8) is 0 Å². The molecule has 100 valence electrons. The molecule has 1 heterocycles. The summed E-state index contributed by atoms with van der Waals surface area (Å²) in [5.74, 6) is 0. The topological polar surface area (TPSA) is 55.9 Å². The largest absolute Gasteiger partial charge is 0.399 e. The molecular formula is C15H20N4. The van der Waals surface area contributed by atoms with Crippen LogP contribution < -0.4 is 11.1 Å². The molecule has 0 fully saturated rings. The summed E-state index contributed by atoms with van der Waals surface area (Å²) in [6.45, 7) is 0.964. The fourth-order valence-corrected chi connectivity index (χ4v) is 2.82. The maximum atomic E-state index is 5.82. The van der Waals surface area contributed by atoms with Crippen LogP contribution in [0.25, 0.3) is 0 Å². The quantitative estimate of drug-likeness (QED) is 0.820. The highest BCUT2D eigenvalue weighted by molar-refractivity contribution is 5.47. The van der Waals surface area contributed by atoms with Crippen LogP contribution in [0.15, 0.2) is 30.5 Å². The third-order valence-corrected chi connectivity index (χ3v) is 3.79. The minimum absolute atomic E-state index is 0.472. The Labute approximate surface area is 113 Å². The van der Waals surface area contributed by atoms with Crippen molar-refractivity contribution in [1.29, 1.82) is 0 Å². The van der Waals surface area contributed by atoms with Crippen molar-refractivity contribution < 1.29 is 0 Å². The summed E-state index contributed by atoms with van der Waals surface area (Å²) >= 11 is 0. The number of hydrogen-bond acceptors (Lipinski definition) is 3. The summed E-state index contributed by atoms with van der Waals surface area (Å²) in [7, 11) is 1.95. The van der Waals surface area contributed by atoms with Crippen molar-refractivity contribution in [3.8, 4) is 0 Å². The minimum Gasteiger partial charge on any atom is -0.399 e. The molecule has 1 aliphatic carbocycles. The van der Waals surface area contributed by atoms with E-state index in [1.165, 1.54) is 17.5 Å². The Hall–Kier alpha value is -1.81. The third-order valence-electron chi connectivity index (χ3n) is 3.79. The summed E-state index contributed by atoms with van der Waals surface area (Å²) in [6.07, 6.45) is 5.26. The lowest BCUT2D eigenvalue weighted by Gasteiger charge is -2.13. The molecule has 19 heavy (non-hydrogen) atoms. The lowest BCUT2D eigenvalue weighted by atomic mass is 10.1. The van der Waals surface area contributed by atoms with E-state index in [1.54, 1.807) is 0 Å². The van der Waals surface area contributed by atoms with Crippen LogP contribution in [0.5, 0.6) is 0 Å². The van der Waals surface area contributed by atoms with E-state index in [-0.39, 0.29) is 0 Å². The normalized spacial score (nSPS) is 17.6. The number of fused-ring (bicyclic) bond motifs is 1. The first-order valence-corrected chi connectivity index (χ1v) is 6.82. The van der Waals surface area contributed by atoms with Gasteiger partial charge in [0.15, 0.2) is 0 Å². The smallest absolute Gasteiger partial charge is 0.0637 e. The molecular weight excluding hydrogens is 236 g/mol. The molecule has 3 N–H and O–H groups in total. The van der Waals surface area contributed by atoms with Gasteiger partial charge in [-0.3, -0.25) is 4.68 Å². The number of rotatable bonds is 4. The van der Waals surface area contributed by atoms with E-state index in [9.17, 15) is 0 Å². The van der Waals surface area contributed by atoms with Crippen LogP contribution in [0.3, 0.4) is 0 Å². The standard InChI is InChI=1S/C15H20N4/c1-19-9-7-13(18-19)6-8-17-15-5-2-11-10-12(16)3-4-14(11)15/h3-4,7,9-10,15,17H,2,5-6,8,16H2,1H3. The van der Waals surface area contributed by atoms with Gasteiger partial charge in [-0.15, -0.1) is 0 Å². The molecule has 0 bridgehead atoms. The van der Waals surface area contributed by atoms with Gasteiger partial charge in [-0.1, -0.05) is 6.07 Å². The number of nitrogens with one attached hydrogen (secondary N) is 1. The Morgan fingerprint density at radius 1 is 1.42 bits per heavy atom. The lowest BCUT2D eigenvalue weighted by Crippen LogP contribution is -2.22. The van der Waals surface area contributed by atoms with Crippen molar-refractivity contribution in [1.82, 2.24) is 15.1 Å². The fraction of sp³-hybridized carbons (Fsp3) is 0.400. The van der Waals surface area contributed by atoms with Gasteiger partial charge in [-0.05, 0) is 42.2 Å². The van der Waals surface area contributed by atoms with Gasteiger partial charge in [-0.25, -0.2) is 0 Å². The van der Waals surface area contributed by atoms with Crippen LogP contribution >= 0.6 is 0 Å². The number of anilines is 1. The Bertz CT molecular complexity index is 573. The van der Waals surface area contributed by atoms with Crippen molar-refractivity contribution >= 4 is 5.69 Å². The second-order valence-electron chi connectivity index (χ2n) is 5.23. The van der Waals surface area contributed by atoms with Crippen LogP contribution in [-0.2, 0) is 19.9 Å². The number of hydrogen-bond donors (Lipinski definition) is 2. The summed E-state index contributed by atoms with van der Waals surface area (Å²) < 4.78 is 1.85. The second-order valence-corrected chi connectivity index (χ2v) is 5.23. The molecule has 0 amide bonds. The summed E-state index contributed by atoms with van der Waals surface area (Å²) in [5, 5.41) is 8.02. The molecule has 4 nitrogen and oxygen atoms in total. The molecule has 1 aromatic carbocycles. The van der Waals surface area contributed by atoms with Crippen LogP contribution in [0.2, 0.25) is 0 Å². The lowest BCUT2D eigenvalue weighted by molar-refractivity contribution is 0.530. The summed E-state index contributed by atoms with van der Waals surface area (Å²) in [5.41, 5.74) is 10.6. The van der Waals surface area contributed by atoms with Crippen LogP contribution in [-0.4, -0.2) is 16.3 Å². The molecule has 4 heteroatoms. The van der Waals surface area contributed by atoms with Crippen LogP contribution in [0, 0.1) is 0 Å². The van der Waals surface area contributed by atoms with E-state index in [0.717, 1.165) is 30.8 Å². The van der Waals surface area contributed by atoms with Gasteiger partial charge in [0.25, 0.3) is 0 Å². The van der Waals surface area contributed by atoms with E-state index in [4.69, 9.17) is 5.73 Å². The zero-order valence-electron chi connectivity index (χ0n) is 11.3. The molecule has 3 rings (SSSR count). The van der Waals surface area contributed by atoms with Gasteiger partial charge in [0.05, 0.1) is 5.69 Å². The molecule has 0 spiro atoms. The van der Waals surface area contributed by atoms with Crippen molar-refractivity contribution in [2.24, 2.45) is 7.05 Å². The predicted octanol–water partition coefficient (Wildman–Crippen LogP) is 1.82. The zero-order valence-corrected chi connectivity index (χ0v) is 11.3. The second kappa shape index (κ2) is 5.05. The minimum atomic E-state index is 0.472. The Balaban J connectivity index is 1.58. The highest BCUT2D eigenvalue weighted by Crippen LogP contribution is 2.32. The van der Waals surface area contributed by atoms with Gasteiger partial charge in [-0.2, -0.15) is 5.10 Å². The predicted molar refractivity (Wildman–Crippen MR) is 76.8 cm³/mol. The van der Waals surface area contributed by atoms with Gasteiger partial charge in [0.2, 0.25) is 0 Å². The maximum Gasteiger partial charge on any atom is 0.0637 e. The average molecular weight is 256 g/mol. The van der Waals surface area contributed by atoms with Crippen molar-refractivity contribution in [2.75, 3.05) is 12.3 Å². The molecule has 2 aromatic rings. The molecule has 0 aliphatic heterocycles. The highest BCUT2D eigenvalue weighted by atomic mass is 15.2. The summed E-state index contributed by atoms with van der Waals surface area (Å²) in [6, 6.07) is 8.81. The Morgan fingerprint density at radius 3 is 3.11 bits per heavy atom. The highest BCUT2D eigenvalue weighted by Gasteiger charge is 2.21. The molecule has 1 aromatic heterocycles. The molecule has 1 unspecified atom stereocenters. The first-order valence-electron chi connectivity index (χ1n) is 6.82. The van der Waals surface area contributed by atoms with E-state index in [2.05, 4.69) is 28.6 Å². The van der Waals surface area contributed by atoms with Crippen LogP contribution in [0.1, 0.15) is 29.3 Å². The number of benzene rings is 1. The van der Waals surface area contributed by atoms with E-state index < -0.39 is 0 Å². The first-order chi connectivity index (χ1) is 9.22. The van der Waals surface area contributed by atoms with Gasteiger partial charge in [0.1, 0.15) is 0 Å². The van der Waals surface area contributed by atoms with Gasteiger partial charge < -0.3 is 11.1 Å². The van der Waals surface area contributed by atoms with E-state index in [1.807, 2.05) is 24.0 Å². The number of nitrogen functional groups attached to an aromatic ring is 1. The molecule has 0 radical (unpaired) electrons. The Morgan fingerprint density at radius 2 is 2.32 bits per heavy atom. The van der Waals surface area contributed by atoms with Crippen LogP contribution in [0.4, 0.5) is 5.69 Å². The fourth-order valence-electron chi connectivity index (χ4n) is 2.82. The molecule has 0 saturated carbocycles. The average Bonchev–Trinajstić information content (AvgIpc) is 2.96. The van der Waals surface area contributed by atoms with E-state index in [0.29, 0.717) is 6.04 Å². The SMILES string of the molecule is Cn1ccc(CCNC2CCc3cc(N)ccc32)n1. The molecule has 1 aliphatic rings. The molecule has 0 saturated heterocycles. The van der Waals surface area contributed by atoms with Gasteiger partial charge in [0, 0.05) is 37.9 Å². The summed E-state index contributed by atoms with van der Waals surface area (Å²) in [4.78, 5) is 0. The number of nitrogens with two attached hydrogens (primary N) is 1. The number of aromatic nitrogens is 2. The van der Waals surface area contributed by atoms with Gasteiger partial charge >= 0.3 is 0 Å².